The van der Waals surface area contributed by atoms with Crippen molar-refractivity contribution in [1.29, 1.82) is 0 Å². The Bertz CT molecular complexity index is 690. The van der Waals surface area contributed by atoms with Gasteiger partial charge in [0.05, 0.1) is 11.7 Å². The molecular weight excluding hydrogens is 228 g/mol. The first-order valence-corrected chi connectivity index (χ1v) is 5.66. The molecule has 2 N–H and O–H groups in total. The van der Waals surface area contributed by atoms with E-state index in [4.69, 9.17) is 10.2 Å². The summed E-state index contributed by atoms with van der Waals surface area (Å²) in [6.07, 6.45) is 3.15. The lowest BCUT2D eigenvalue weighted by Gasteiger charge is -2.06. The molecule has 90 valence electrons. The second-order valence-electron chi connectivity index (χ2n) is 4.12. The Labute approximate surface area is 104 Å². The van der Waals surface area contributed by atoms with Gasteiger partial charge in [0.15, 0.2) is 12.0 Å². The van der Waals surface area contributed by atoms with Crippen molar-refractivity contribution in [2.24, 2.45) is 5.73 Å². The van der Waals surface area contributed by atoms with E-state index in [1.54, 1.807) is 6.20 Å². The van der Waals surface area contributed by atoms with Crippen molar-refractivity contribution in [2.45, 2.75) is 13.0 Å². The molecule has 1 aromatic carbocycles. The van der Waals surface area contributed by atoms with E-state index in [0.29, 0.717) is 5.82 Å². The maximum absolute atomic E-state index is 5.78. The van der Waals surface area contributed by atoms with Gasteiger partial charge in [-0.3, -0.25) is 0 Å². The van der Waals surface area contributed by atoms with Gasteiger partial charge >= 0.3 is 0 Å². The smallest absolute Gasteiger partial charge is 0.181 e. The van der Waals surface area contributed by atoms with Crippen LogP contribution in [-0.4, -0.2) is 15.0 Å². The van der Waals surface area contributed by atoms with Gasteiger partial charge in [-0.2, -0.15) is 0 Å². The Hall–Kier alpha value is -2.27. The van der Waals surface area contributed by atoms with Crippen molar-refractivity contribution in [3.8, 4) is 11.3 Å². The molecule has 0 saturated heterocycles. The number of fused-ring (bicyclic) bond motifs is 1. The minimum Gasteiger partial charge on any atom is -0.443 e. The lowest BCUT2D eigenvalue weighted by atomic mass is 10.1. The van der Waals surface area contributed by atoms with Crippen LogP contribution in [0, 0.1) is 0 Å². The Morgan fingerprint density at radius 2 is 2.11 bits per heavy atom. The minimum absolute atomic E-state index is 0.182. The van der Waals surface area contributed by atoms with Gasteiger partial charge < -0.3 is 10.2 Å². The molecule has 0 fully saturated rings. The summed E-state index contributed by atoms with van der Waals surface area (Å²) in [6, 6.07) is 7.44. The van der Waals surface area contributed by atoms with E-state index in [-0.39, 0.29) is 6.04 Å². The highest BCUT2D eigenvalue weighted by molar-refractivity contribution is 5.78. The molecule has 0 amide bonds. The van der Waals surface area contributed by atoms with Crippen LogP contribution in [0.2, 0.25) is 0 Å². The van der Waals surface area contributed by atoms with Crippen LogP contribution in [0.15, 0.2) is 41.3 Å². The highest BCUT2D eigenvalue weighted by Crippen LogP contribution is 2.22. The normalized spacial score (nSPS) is 12.8. The number of aromatic nitrogens is 3. The van der Waals surface area contributed by atoms with E-state index in [9.17, 15) is 0 Å². The first-order chi connectivity index (χ1) is 8.74. The van der Waals surface area contributed by atoms with Crippen LogP contribution >= 0.6 is 0 Å². The summed E-state index contributed by atoms with van der Waals surface area (Å²) in [5, 5.41) is 0. The quantitative estimate of drug-likeness (QED) is 0.743. The van der Waals surface area contributed by atoms with Crippen LogP contribution in [0.4, 0.5) is 0 Å². The van der Waals surface area contributed by atoms with Crippen molar-refractivity contribution in [1.82, 2.24) is 15.0 Å². The fraction of sp³-hybridized carbons (Fsp3) is 0.154. The van der Waals surface area contributed by atoms with E-state index in [1.807, 2.05) is 31.2 Å². The number of oxazole rings is 1. The summed E-state index contributed by atoms with van der Waals surface area (Å²) < 4.78 is 5.28. The number of hydrogen-bond donors (Lipinski definition) is 1. The molecule has 0 bridgehead atoms. The minimum atomic E-state index is -0.182. The molecule has 1 unspecified atom stereocenters. The molecule has 5 heteroatoms. The second-order valence-corrected chi connectivity index (χ2v) is 4.12. The standard InChI is InChI=1S/C13H12N4O/c1-8(14)13-15-5-4-10(17-13)9-2-3-11-12(6-9)18-7-16-11/h2-8H,14H2,1H3. The Kier molecular flexibility index (Phi) is 2.53. The van der Waals surface area contributed by atoms with Gasteiger partial charge in [-0.05, 0) is 25.1 Å². The summed E-state index contributed by atoms with van der Waals surface area (Å²) in [5.41, 5.74) is 9.15. The predicted octanol–water partition coefficient (Wildman–Crippen LogP) is 2.30. The number of hydrogen-bond acceptors (Lipinski definition) is 5. The van der Waals surface area contributed by atoms with Crippen LogP contribution in [0.25, 0.3) is 22.4 Å². The number of benzene rings is 1. The molecule has 0 radical (unpaired) electrons. The molecule has 5 nitrogen and oxygen atoms in total. The average Bonchev–Trinajstić information content (AvgIpc) is 2.86. The maximum Gasteiger partial charge on any atom is 0.181 e. The third-order valence-electron chi connectivity index (χ3n) is 2.71. The van der Waals surface area contributed by atoms with Crippen LogP contribution in [0.5, 0.6) is 0 Å². The zero-order valence-electron chi connectivity index (χ0n) is 9.87. The zero-order valence-corrected chi connectivity index (χ0v) is 9.87. The zero-order chi connectivity index (χ0) is 12.5. The third kappa shape index (κ3) is 1.84. The lowest BCUT2D eigenvalue weighted by molar-refractivity contribution is 0.602. The number of nitrogens with zero attached hydrogens (tertiary/aromatic N) is 3. The van der Waals surface area contributed by atoms with Gasteiger partial charge in [0.1, 0.15) is 11.3 Å². The molecule has 0 aliphatic rings. The number of nitrogens with two attached hydrogens (primary N) is 1. The first kappa shape index (κ1) is 10.9. The molecule has 1 atom stereocenters. The molecular formula is C13H12N4O. The van der Waals surface area contributed by atoms with E-state index >= 15 is 0 Å². The van der Waals surface area contributed by atoms with Gasteiger partial charge in [-0.25, -0.2) is 15.0 Å². The molecule has 0 spiro atoms. The highest BCUT2D eigenvalue weighted by Gasteiger charge is 2.07. The molecule has 0 aliphatic carbocycles. The van der Waals surface area contributed by atoms with Crippen molar-refractivity contribution in [3.63, 3.8) is 0 Å². The van der Waals surface area contributed by atoms with E-state index in [1.165, 1.54) is 6.39 Å². The van der Waals surface area contributed by atoms with Crippen molar-refractivity contribution < 1.29 is 4.42 Å². The fourth-order valence-corrected chi connectivity index (χ4v) is 1.77. The van der Waals surface area contributed by atoms with Crippen molar-refractivity contribution in [2.75, 3.05) is 0 Å². The van der Waals surface area contributed by atoms with E-state index in [0.717, 1.165) is 22.4 Å². The summed E-state index contributed by atoms with van der Waals surface area (Å²) in [4.78, 5) is 12.7. The summed E-state index contributed by atoms with van der Waals surface area (Å²) in [7, 11) is 0. The fourth-order valence-electron chi connectivity index (χ4n) is 1.77. The Morgan fingerprint density at radius 3 is 2.94 bits per heavy atom. The van der Waals surface area contributed by atoms with Crippen LogP contribution in [0.1, 0.15) is 18.8 Å². The molecule has 18 heavy (non-hydrogen) atoms. The average molecular weight is 240 g/mol. The molecule has 3 aromatic rings. The molecule has 0 saturated carbocycles. The molecule has 2 heterocycles. The number of rotatable bonds is 2. The summed E-state index contributed by atoms with van der Waals surface area (Å²) in [6.45, 7) is 1.86. The van der Waals surface area contributed by atoms with Crippen LogP contribution in [0.3, 0.4) is 0 Å². The van der Waals surface area contributed by atoms with Crippen molar-refractivity contribution in [3.05, 3.63) is 42.7 Å². The first-order valence-electron chi connectivity index (χ1n) is 5.66. The molecule has 0 aliphatic heterocycles. The molecule has 2 aromatic heterocycles. The van der Waals surface area contributed by atoms with Crippen LogP contribution in [-0.2, 0) is 0 Å². The highest BCUT2D eigenvalue weighted by atomic mass is 16.3. The molecule has 3 rings (SSSR count). The van der Waals surface area contributed by atoms with E-state index < -0.39 is 0 Å². The lowest BCUT2D eigenvalue weighted by Crippen LogP contribution is -2.09. The Morgan fingerprint density at radius 1 is 1.22 bits per heavy atom. The van der Waals surface area contributed by atoms with Gasteiger partial charge in [-0.15, -0.1) is 0 Å². The SMILES string of the molecule is CC(N)c1nccc(-c2ccc3ncoc3c2)n1. The van der Waals surface area contributed by atoms with Crippen LogP contribution < -0.4 is 5.73 Å². The second kappa shape index (κ2) is 4.19. The third-order valence-corrected chi connectivity index (χ3v) is 2.71. The van der Waals surface area contributed by atoms with Gasteiger partial charge in [0, 0.05) is 11.8 Å². The van der Waals surface area contributed by atoms with E-state index in [2.05, 4.69) is 15.0 Å². The van der Waals surface area contributed by atoms with Gasteiger partial charge in [-0.1, -0.05) is 6.07 Å². The summed E-state index contributed by atoms with van der Waals surface area (Å²) >= 11 is 0. The predicted molar refractivity (Wildman–Crippen MR) is 67.6 cm³/mol. The Balaban J connectivity index is 2.10. The topological polar surface area (TPSA) is 77.8 Å². The largest absolute Gasteiger partial charge is 0.443 e. The van der Waals surface area contributed by atoms with Gasteiger partial charge in [0.25, 0.3) is 0 Å². The monoisotopic (exact) mass is 240 g/mol. The van der Waals surface area contributed by atoms with Crippen molar-refractivity contribution >= 4 is 11.1 Å². The summed E-state index contributed by atoms with van der Waals surface area (Å²) in [5.74, 6) is 0.630. The van der Waals surface area contributed by atoms with Gasteiger partial charge in [0.2, 0.25) is 0 Å². The maximum atomic E-state index is 5.78.